The fourth-order valence-electron chi connectivity index (χ4n) is 2.35. The summed E-state index contributed by atoms with van der Waals surface area (Å²) in [7, 11) is 0. The molecular weight excluding hydrogens is 280 g/mol. The van der Waals surface area contributed by atoms with Gasteiger partial charge in [-0.05, 0) is 38.1 Å². The standard InChI is InChI=1S/C12H15BrN4/c13-10-3-8-17-11(14-15-12(17)9-10)4-7-16-5-1-2-6-16/h3,8-9H,1-2,4-7H2. The van der Waals surface area contributed by atoms with Crippen molar-refractivity contribution in [3.05, 3.63) is 28.6 Å². The fourth-order valence-corrected chi connectivity index (χ4v) is 2.67. The predicted octanol–water partition coefficient (Wildman–Crippen LogP) is 2.13. The molecule has 1 aliphatic heterocycles. The summed E-state index contributed by atoms with van der Waals surface area (Å²) in [5, 5.41) is 8.45. The molecule has 0 spiro atoms. The lowest BCUT2D eigenvalue weighted by molar-refractivity contribution is 0.340. The number of likely N-dealkylation sites (tertiary alicyclic amines) is 1. The average Bonchev–Trinajstić information content (AvgIpc) is 2.94. The van der Waals surface area contributed by atoms with Gasteiger partial charge in [-0.3, -0.25) is 4.40 Å². The minimum atomic E-state index is 0.913. The van der Waals surface area contributed by atoms with Crippen LogP contribution in [0.15, 0.2) is 22.8 Å². The molecule has 5 heteroatoms. The van der Waals surface area contributed by atoms with Crippen molar-refractivity contribution in [3.63, 3.8) is 0 Å². The van der Waals surface area contributed by atoms with E-state index in [2.05, 4.69) is 35.4 Å². The first-order valence-corrected chi connectivity index (χ1v) is 6.84. The summed E-state index contributed by atoms with van der Waals surface area (Å²) in [6, 6.07) is 4.02. The van der Waals surface area contributed by atoms with E-state index < -0.39 is 0 Å². The zero-order valence-electron chi connectivity index (χ0n) is 9.64. The van der Waals surface area contributed by atoms with Crippen molar-refractivity contribution in [2.75, 3.05) is 19.6 Å². The summed E-state index contributed by atoms with van der Waals surface area (Å²) >= 11 is 3.45. The predicted molar refractivity (Wildman–Crippen MR) is 70.1 cm³/mol. The summed E-state index contributed by atoms with van der Waals surface area (Å²) in [5.74, 6) is 1.06. The molecule has 1 aliphatic rings. The van der Waals surface area contributed by atoms with Crippen molar-refractivity contribution in [3.8, 4) is 0 Å². The van der Waals surface area contributed by atoms with Crippen molar-refractivity contribution in [1.82, 2.24) is 19.5 Å². The second-order valence-electron chi connectivity index (χ2n) is 4.49. The van der Waals surface area contributed by atoms with Gasteiger partial charge in [0, 0.05) is 23.6 Å². The van der Waals surface area contributed by atoms with Gasteiger partial charge in [0.1, 0.15) is 5.82 Å². The monoisotopic (exact) mass is 294 g/mol. The largest absolute Gasteiger partial charge is 0.303 e. The molecular formula is C12H15BrN4. The molecule has 90 valence electrons. The number of hydrogen-bond donors (Lipinski definition) is 0. The molecule has 0 N–H and O–H groups in total. The van der Waals surface area contributed by atoms with Crippen LogP contribution in [0.4, 0.5) is 0 Å². The molecule has 0 bridgehead atoms. The quantitative estimate of drug-likeness (QED) is 0.870. The molecule has 0 radical (unpaired) electrons. The number of fused-ring (bicyclic) bond motifs is 1. The third-order valence-corrected chi connectivity index (χ3v) is 3.79. The van der Waals surface area contributed by atoms with E-state index in [0.29, 0.717) is 0 Å². The number of rotatable bonds is 3. The maximum Gasteiger partial charge on any atom is 0.161 e. The molecule has 0 saturated carbocycles. The maximum atomic E-state index is 4.26. The normalized spacial score (nSPS) is 17.0. The van der Waals surface area contributed by atoms with Crippen LogP contribution in [-0.4, -0.2) is 39.1 Å². The Balaban J connectivity index is 1.76. The molecule has 1 saturated heterocycles. The molecule has 0 aromatic carbocycles. The van der Waals surface area contributed by atoms with Gasteiger partial charge < -0.3 is 4.90 Å². The highest BCUT2D eigenvalue weighted by atomic mass is 79.9. The Labute approximate surface area is 109 Å². The summed E-state index contributed by atoms with van der Waals surface area (Å²) in [6.07, 6.45) is 5.68. The van der Waals surface area contributed by atoms with Crippen LogP contribution in [0, 0.1) is 0 Å². The first kappa shape index (κ1) is 11.2. The minimum absolute atomic E-state index is 0.913. The highest BCUT2D eigenvalue weighted by Crippen LogP contribution is 2.14. The van der Waals surface area contributed by atoms with Crippen LogP contribution < -0.4 is 0 Å². The summed E-state index contributed by atoms with van der Waals surface area (Å²) < 4.78 is 3.12. The number of halogens is 1. The van der Waals surface area contributed by atoms with Gasteiger partial charge in [0.15, 0.2) is 5.65 Å². The van der Waals surface area contributed by atoms with Gasteiger partial charge in [-0.1, -0.05) is 15.9 Å². The molecule has 3 heterocycles. The summed E-state index contributed by atoms with van der Waals surface area (Å²) in [5.41, 5.74) is 0.913. The van der Waals surface area contributed by atoms with Gasteiger partial charge in [-0.15, -0.1) is 10.2 Å². The number of nitrogens with zero attached hydrogens (tertiary/aromatic N) is 4. The topological polar surface area (TPSA) is 33.4 Å². The Morgan fingerprint density at radius 3 is 2.88 bits per heavy atom. The van der Waals surface area contributed by atoms with Crippen molar-refractivity contribution >= 4 is 21.6 Å². The van der Waals surface area contributed by atoms with Crippen molar-refractivity contribution in [2.24, 2.45) is 0 Å². The Morgan fingerprint density at radius 2 is 2.06 bits per heavy atom. The molecule has 2 aromatic rings. The highest BCUT2D eigenvalue weighted by molar-refractivity contribution is 9.10. The van der Waals surface area contributed by atoms with E-state index in [9.17, 15) is 0 Å². The lowest BCUT2D eigenvalue weighted by Crippen LogP contribution is -2.22. The van der Waals surface area contributed by atoms with Gasteiger partial charge in [0.2, 0.25) is 0 Å². The molecule has 3 rings (SSSR count). The van der Waals surface area contributed by atoms with Gasteiger partial charge in [0.05, 0.1) is 0 Å². The van der Waals surface area contributed by atoms with Gasteiger partial charge >= 0.3 is 0 Å². The van der Waals surface area contributed by atoms with E-state index in [-0.39, 0.29) is 0 Å². The van der Waals surface area contributed by atoms with Crippen LogP contribution in [0.5, 0.6) is 0 Å². The number of hydrogen-bond acceptors (Lipinski definition) is 3. The highest BCUT2D eigenvalue weighted by Gasteiger charge is 2.13. The zero-order valence-corrected chi connectivity index (χ0v) is 11.2. The van der Waals surface area contributed by atoms with E-state index in [4.69, 9.17) is 0 Å². The second kappa shape index (κ2) is 4.74. The Bertz CT molecular complexity index is 516. The molecule has 17 heavy (non-hydrogen) atoms. The first-order valence-electron chi connectivity index (χ1n) is 6.04. The maximum absolute atomic E-state index is 4.26. The first-order chi connectivity index (χ1) is 8.33. The Hall–Kier alpha value is -0.940. The van der Waals surface area contributed by atoms with Crippen molar-refractivity contribution in [1.29, 1.82) is 0 Å². The van der Waals surface area contributed by atoms with Gasteiger partial charge in [-0.2, -0.15) is 0 Å². The van der Waals surface area contributed by atoms with Crippen molar-refractivity contribution in [2.45, 2.75) is 19.3 Å². The van der Waals surface area contributed by atoms with Crippen LogP contribution in [-0.2, 0) is 6.42 Å². The van der Waals surface area contributed by atoms with E-state index >= 15 is 0 Å². The Morgan fingerprint density at radius 1 is 1.24 bits per heavy atom. The van der Waals surface area contributed by atoms with E-state index in [1.807, 2.05) is 18.3 Å². The third kappa shape index (κ3) is 2.35. The van der Waals surface area contributed by atoms with Crippen LogP contribution in [0.1, 0.15) is 18.7 Å². The smallest absolute Gasteiger partial charge is 0.161 e. The fraction of sp³-hybridized carbons (Fsp3) is 0.500. The van der Waals surface area contributed by atoms with Crippen LogP contribution in [0.25, 0.3) is 5.65 Å². The molecule has 0 amide bonds. The number of pyridine rings is 1. The van der Waals surface area contributed by atoms with E-state index in [1.54, 1.807) is 0 Å². The van der Waals surface area contributed by atoms with Crippen LogP contribution in [0.3, 0.4) is 0 Å². The van der Waals surface area contributed by atoms with Crippen LogP contribution in [0.2, 0.25) is 0 Å². The molecule has 0 unspecified atom stereocenters. The lowest BCUT2D eigenvalue weighted by Gasteiger charge is -2.12. The third-order valence-electron chi connectivity index (χ3n) is 3.29. The molecule has 0 atom stereocenters. The summed E-state index contributed by atoms with van der Waals surface area (Å²) in [4.78, 5) is 2.50. The molecule has 0 aliphatic carbocycles. The second-order valence-corrected chi connectivity index (χ2v) is 5.40. The van der Waals surface area contributed by atoms with Gasteiger partial charge in [-0.25, -0.2) is 0 Å². The molecule has 1 fully saturated rings. The molecule has 2 aromatic heterocycles. The van der Waals surface area contributed by atoms with E-state index in [1.165, 1.54) is 25.9 Å². The summed E-state index contributed by atoms with van der Waals surface area (Å²) in [6.45, 7) is 3.57. The minimum Gasteiger partial charge on any atom is -0.303 e. The van der Waals surface area contributed by atoms with E-state index in [0.717, 1.165) is 28.9 Å². The zero-order chi connectivity index (χ0) is 11.7. The number of aromatic nitrogens is 3. The SMILES string of the molecule is Brc1ccn2c(CCN3CCCC3)nnc2c1. The average molecular weight is 295 g/mol. The van der Waals surface area contributed by atoms with Gasteiger partial charge in [0.25, 0.3) is 0 Å². The molecule has 4 nitrogen and oxygen atoms in total. The lowest BCUT2D eigenvalue weighted by atomic mass is 10.3. The Kier molecular flexibility index (Phi) is 3.11. The van der Waals surface area contributed by atoms with Crippen LogP contribution >= 0.6 is 15.9 Å². The van der Waals surface area contributed by atoms with Crippen molar-refractivity contribution < 1.29 is 0 Å².